The normalized spacial score (nSPS) is 15.8. The third kappa shape index (κ3) is 5.93. The van der Waals surface area contributed by atoms with Gasteiger partial charge in [-0.25, -0.2) is 0 Å². The molecule has 1 aromatic heterocycles. The van der Waals surface area contributed by atoms with Gasteiger partial charge in [-0.2, -0.15) is 8.42 Å². The maximum absolute atomic E-state index is 13.0. The molecule has 0 spiro atoms. The zero-order chi connectivity index (χ0) is 23.3. The largest absolute Gasteiger partial charge is 0.497 e. The minimum absolute atomic E-state index is 0.0335. The minimum Gasteiger partial charge on any atom is -0.497 e. The number of nitrogens with zero attached hydrogens (tertiary/aromatic N) is 1. The fourth-order valence-corrected chi connectivity index (χ4v) is 5.22. The molecule has 9 heteroatoms. The second-order valence-corrected chi connectivity index (χ2v) is 10.1. The van der Waals surface area contributed by atoms with Gasteiger partial charge < -0.3 is 18.6 Å². The fourth-order valence-electron chi connectivity index (χ4n) is 3.60. The molecule has 33 heavy (non-hydrogen) atoms. The van der Waals surface area contributed by atoms with Crippen molar-refractivity contribution in [1.29, 1.82) is 0 Å². The summed E-state index contributed by atoms with van der Waals surface area (Å²) in [6.07, 6.45) is 1.97. The van der Waals surface area contributed by atoms with Crippen molar-refractivity contribution in [2.75, 3.05) is 20.3 Å². The summed E-state index contributed by atoms with van der Waals surface area (Å²) >= 11 is 1.41. The van der Waals surface area contributed by atoms with Crippen molar-refractivity contribution < 1.29 is 26.9 Å². The van der Waals surface area contributed by atoms with Crippen LogP contribution in [0.15, 0.2) is 70.9 Å². The lowest BCUT2D eigenvalue weighted by molar-refractivity contribution is 0.0511. The number of carbonyl (C=O) groups excluding carboxylic acids is 1. The van der Waals surface area contributed by atoms with Crippen molar-refractivity contribution in [3.05, 3.63) is 76.5 Å². The van der Waals surface area contributed by atoms with Crippen LogP contribution in [0.25, 0.3) is 0 Å². The summed E-state index contributed by atoms with van der Waals surface area (Å²) in [5.41, 5.74) is 0.868. The molecule has 1 atom stereocenters. The van der Waals surface area contributed by atoms with Gasteiger partial charge >= 0.3 is 10.1 Å². The van der Waals surface area contributed by atoms with Crippen LogP contribution < -0.4 is 8.92 Å². The topological polar surface area (TPSA) is 82.1 Å². The molecule has 1 saturated heterocycles. The number of carbonyl (C=O) groups is 1. The summed E-state index contributed by atoms with van der Waals surface area (Å²) in [5, 5.41) is 1.88. The second-order valence-electron chi connectivity index (χ2n) is 7.65. The number of benzene rings is 2. The van der Waals surface area contributed by atoms with E-state index in [2.05, 4.69) is 0 Å². The highest BCUT2D eigenvalue weighted by Crippen LogP contribution is 2.23. The van der Waals surface area contributed by atoms with E-state index in [1.165, 1.54) is 30.6 Å². The summed E-state index contributed by atoms with van der Waals surface area (Å²) in [5.74, 6) is 0.718. The van der Waals surface area contributed by atoms with Gasteiger partial charge in [-0.05, 0) is 66.2 Å². The van der Waals surface area contributed by atoms with Crippen molar-refractivity contribution in [2.45, 2.75) is 30.4 Å². The maximum atomic E-state index is 13.0. The molecule has 0 saturated carbocycles. The Morgan fingerprint density at radius 1 is 1.09 bits per heavy atom. The van der Waals surface area contributed by atoms with E-state index in [0.29, 0.717) is 23.7 Å². The number of thiophene rings is 1. The van der Waals surface area contributed by atoms with Crippen LogP contribution in [0.3, 0.4) is 0 Å². The molecule has 0 aliphatic carbocycles. The van der Waals surface area contributed by atoms with Crippen LogP contribution in [0.4, 0.5) is 0 Å². The molecule has 0 N–H and O–H groups in total. The third-order valence-electron chi connectivity index (χ3n) is 5.32. The summed E-state index contributed by atoms with van der Waals surface area (Å²) in [6, 6.07) is 16.4. The Hall–Kier alpha value is -2.88. The smallest absolute Gasteiger partial charge is 0.339 e. The van der Waals surface area contributed by atoms with Crippen LogP contribution in [0.1, 0.15) is 28.1 Å². The molecule has 1 fully saturated rings. The molecule has 7 nitrogen and oxygen atoms in total. The van der Waals surface area contributed by atoms with Crippen molar-refractivity contribution in [2.24, 2.45) is 0 Å². The first kappa shape index (κ1) is 23.3. The zero-order valence-electron chi connectivity index (χ0n) is 18.2. The van der Waals surface area contributed by atoms with Crippen LogP contribution in [-0.2, 0) is 21.4 Å². The number of ether oxygens (including phenoxy) is 2. The van der Waals surface area contributed by atoms with Gasteiger partial charge in [0.2, 0.25) is 0 Å². The first-order valence-corrected chi connectivity index (χ1v) is 12.9. The van der Waals surface area contributed by atoms with E-state index in [0.717, 1.165) is 25.0 Å². The van der Waals surface area contributed by atoms with Gasteiger partial charge in [-0.3, -0.25) is 4.79 Å². The highest BCUT2D eigenvalue weighted by Gasteiger charge is 2.24. The van der Waals surface area contributed by atoms with Gasteiger partial charge in [-0.15, -0.1) is 11.3 Å². The highest BCUT2D eigenvalue weighted by molar-refractivity contribution is 7.87. The van der Waals surface area contributed by atoms with E-state index in [-0.39, 0.29) is 22.7 Å². The summed E-state index contributed by atoms with van der Waals surface area (Å²) in [7, 11) is -2.46. The van der Waals surface area contributed by atoms with E-state index in [4.69, 9.17) is 13.7 Å². The monoisotopic (exact) mass is 487 g/mol. The van der Waals surface area contributed by atoms with Crippen LogP contribution >= 0.6 is 11.3 Å². The molecule has 3 aromatic rings. The molecule has 0 unspecified atom stereocenters. The number of hydrogen-bond acceptors (Lipinski definition) is 7. The van der Waals surface area contributed by atoms with Crippen molar-refractivity contribution in [3.8, 4) is 11.5 Å². The highest BCUT2D eigenvalue weighted by atomic mass is 32.2. The first-order valence-electron chi connectivity index (χ1n) is 10.6. The molecule has 0 radical (unpaired) electrons. The van der Waals surface area contributed by atoms with E-state index < -0.39 is 10.1 Å². The molecule has 1 aliphatic rings. The SMILES string of the molecule is COc1ccc(S(=O)(=O)Oc2ccc(CN(C[C@@H]3CCCO3)C(=O)c3cccs3)cc2)cc1. The quantitative estimate of drug-likeness (QED) is 0.418. The Labute approximate surface area is 197 Å². The molecular formula is C24H25NO6S2. The van der Waals surface area contributed by atoms with Crippen LogP contribution in [0.2, 0.25) is 0 Å². The van der Waals surface area contributed by atoms with Crippen molar-refractivity contribution >= 4 is 27.4 Å². The summed E-state index contributed by atoms with van der Waals surface area (Å²) in [6.45, 7) is 1.63. The first-order chi connectivity index (χ1) is 15.9. The average Bonchev–Trinajstić information content (AvgIpc) is 3.54. The molecule has 0 bridgehead atoms. The lowest BCUT2D eigenvalue weighted by atomic mass is 10.1. The fraction of sp³-hybridized carbons (Fsp3) is 0.292. The lowest BCUT2D eigenvalue weighted by Crippen LogP contribution is -2.36. The number of methoxy groups -OCH3 is 1. The molecule has 1 amide bonds. The van der Waals surface area contributed by atoms with Gasteiger partial charge in [0.1, 0.15) is 16.4 Å². The maximum Gasteiger partial charge on any atom is 0.339 e. The van der Waals surface area contributed by atoms with Gasteiger partial charge in [0.25, 0.3) is 5.91 Å². The lowest BCUT2D eigenvalue weighted by Gasteiger charge is -2.25. The molecular weight excluding hydrogens is 462 g/mol. The number of hydrogen-bond donors (Lipinski definition) is 0. The Balaban J connectivity index is 1.45. The number of amides is 1. The molecule has 4 rings (SSSR count). The van der Waals surface area contributed by atoms with Crippen LogP contribution in [-0.4, -0.2) is 45.6 Å². The predicted octanol–water partition coefficient (Wildman–Crippen LogP) is 4.35. The Kier molecular flexibility index (Phi) is 7.32. The van der Waals surface area contributed by atoms with Gasteiger partial charge in [0.05, 0.1) is 18.1 Å². The number of rotatable bonds is 9. The van der Waals surface area contributed by atoms with Crippen LogP contribution in [0, 0.1) is 0 Å². The van der Waals surface area contributed by atoms with E-state index in [9.17, 15) is 13.2 Å². The molecule has 174 valence electrons. The average molecular weight is 488 g/mol. The third-order valence-corrected chi connectivity index (χ3v) is 7.44. The summed E-state index contributed by atoms with van der Waals surface area (Å²) in [4.78, 5) is 15.5. The van der Waals surface area contributed by atoms with Gasteiger partial charge in [-0.1, -0.05) is 18.2 Å². The van der Waals surface area contributed by atoms with E-state index in [1.807, 2.05) is 17.5 Å². The molecule has 2 aromatic carbocycles. The van der Waals surface area contributed by atoms with Crippen LogP contribution in [0.5, 0.6) is 11.5 Å². The van der Waals surface area contributed by atoms with Crippen molar-refractivity contribution in [3.63, 3.8) is 0 Å². The standard InChI is InChI=1S/C24H25NO6S2/c1-29-19-10-12-22(13-11-19)33(27,28)31-20-8-6-18(7-9-20)16-25(17-21-4-2-14-30-21)24(26)23-5-3-15-32-23/h3,5-13,15,21H,2,4,14,16-17H2,1H3/t21-/m0/s1. The Morgan fingerprint density at radius 3 is 2.42 bits per heavy atom. The Morgan fingerprint density at radius 2 is 1.82 bits per heavy atom. The predicted molar refractivity (Wildman–Crippen MR) is 125 cm³/mol. The zero-order valence-corrected chi connectivity index (χ0v) is 19.8. The van der Waals surface area contributed by atoms with E-state index in [1.54, 1.807) is 41.3 Å². The van der Waals surface area contributed by atoms with Gasteiger partial charge in [0, 0.05) is 19.7 Å². The Bertz CT molecular complexity index is 1150. The molecule has 1 aliphatic heterocycles. The molecule has 2 heterocycles. The summed E-state index contributed by atoms with van der Waals surface area (Å²) < 4.78 is 41.2. The van der Waals surface area contributed by atoms with Gasteiger partial charge in [0.15, 0.2) is 0 Å². The van der Waals surface area contributed by atoms with E-state index >= 15 is 0 Å². The van der Waals surface area contributed by atoms with Crippen molar-refractivity contribution in [1.82, 2.24) is 4.90 Å². The second kappa shape index (κ2) is 10.4. The minimum atomic E-state index is -3.97.